The molecule has 0 spiro atoms. The van der Waals surface area contributed by atoms with Crippen molar-refractivity contribution in [2.45, 2.75) is 24.2 Å². The molecule has 1 aliphatic rings. The van der Waals surface area contributed by atoms with Crippen LogP contribution in [-0.2, 0) is 10.0 Å². The molecular formula is C15H23ClN2O2S. The van der Waals surface area contributed by atoms with Gasteiger partial charge in [-0.25, -0.2) is 12.7 Å². The van der Waals surface area contributed by atoms with Gasteiger partial charge in [0.25, 0.3) is 0 Å². The van der Waals surface area contributed by atoms with Crippen LogP contribution in [0, 0.1) is 11.8 Å². The van der Waals surface area contributed by atoms with E-state index < -0.39 is 10.0 Å². The average Bonchev–Trinajstić information content (AvgIpc) is 2.92. The lowest BCUT2D eigenvalue weighted by atomic mass is 9.98. The predicted octanol–water partition coefficient (Wildman–Crippen LogP) is 3.00. The molecule has 2 unspecified atom stereocenters. The van der Waals surface area contributed by atoms with Crippen LogP contribution in [0.1, 0.15) is 19.3 Å². The Balaban J connectivity index is 1.97. The molecular weight excluding hydrogens is 308 g/mol. The van der Waals surface area contributed by atoms with E-state index in [1.165, 1.54) is 37.7 Å². The minimum Gasteiger partial charge on any atom is -0.385 e. The molecule has 0 saturated heterocycles. The van der Waals surface area contributed by atoms with E-state index in [0.29, 0.717) is 16.7 Å². The first-order chi connectivity index (χ1) is 9.95. The summed E-state index contributed by atoms with van der Waals surface area (Å²) < 4.78 is 25.2. The molecule has 1 aromatic rings. The minimum absolute atomic E-state index is 0.317. The summed E-state index contributed by atoms with van der Waals surface area (Å²) in [7, 11) is -0.278. The minimum atomic E-state index is -3.35. The number of anilines is 1. The van der Waals surface area contributed by atoms with Crippen molar-refractivity contribution in [2.75, 3.05) is 31.8 Å². The third-order valence-electron chi connectivity index (χ3n) is 4.22. The second-order valence-corrected chi connectivity index (χ2v) is 8.26. The molecule has 1 aromatic carbocycles. The van der Waals surface area contributed by atoms with Crippen molar-refractivity contribution in [2.24, 2.45) is 11.8 Å². The number of hydrogen-bond donors (Lipinski definition) is 1. The van der Waals surface area contributed by atoms with Crippen molar-refractivity contribution in [3.8, 4) is 0 Å². The third-order valence-corrected chi connectivity index (χ3v) is 6.44. The van der Waals surface area contributed by atoms with E-state index in [1.54, 1.807) is 12.1 Å². The molecule has 4 nitrogen and oxygen atoms in total. The molecule has 0 heterocycles. The topological polar surface area (TPSA) is 49.4 Å². The zero-order valence-electron chi connectivity index (χ0n) is 12.5. The summed E-state index contributed by atoms with van der Waals surface area (Å²) in [6.45, 7) is 0.900. The van der Waals surface area contributed by atoms with Crippen molar-refractivity contribution in [3.05, 3.63) is 24.3 Å². The van der Waals surface area contributed by atoms with Crippen molar-refractivity contribution >= 4 is 27.3 Å². The summed E-state index contributed by atoms with van der Waals surface area (Å²) in [6.07, 6.45) is 3.69. The quantitative estimate of drug-likeness (QED) is 0.816. The number of alkyl halides is 1. The van der Waals surface area contributed by atoms with Gasteiger partial charge < -0.3 is 5.32 Å². The number of hydrogen-bond acceptors (Lipinski definition) is 3. The maximum atomic E-state index is 12.0. The van der Waals surface area contributed by atoms with Gasteiger partial charge >= 0.3 is 0 Å². The molecule has 0 radical (unpaired) electrons. The van der Waals surface area contributed by atoms with Gasteiger partial charge in [-0.15, -0.1) is 11.6 Å². The van der Waals surface area contributed by atoms with Crippen LogP contribution in [-0.4, -0.2) is 39.2 Å². The molecule has 118 valence electrons. The molecule has 1 fully saturated rings. The van der Waals surface area contributed by atoms with E-state index >= 15 is 0 Å². The van der Waals surface area contributed by atoms with Crippen LogP contribution in [0.4, 0.5) is 5.69 Å². The van der Waals surface area contributed by atoms with E-state index in [-0.39, 0.29) is 0 Å². The van der Waals surface area contributed by atoms with Crippen molar-refractivity contribution in [1.82, 2.24) is 4.31 Å². The molecule has 21 heavy (non-hydrogen) atoms. The van der Waals surface area contributed by atoms with E-state index in [1.807, 2.05) is 12.1 Å². The highest BCUT2D eigenvalue weighted by Crippen LogP contribution is 2.32. The molecule has 2 atom stereocenters. The summed E-state index contributed by atoms with van der Waals surface area (Å²) in [6, 6.07) is 6.93. The summed E-state index contributed by atoms with van der Waals surface area (Å²) in [5.41, 5.74) is 0.952. The average molecular weight is 331 g/mol. The summed E-state index contributed by atoms with van der Waals surface area (Å²) in [4.78, 5) is 0.317. The standard InChI is InChI=1S/C15H23ClN2O2S/c1-18(2)21(19,20)15-8-6-14(7-9-15)17-11-13-5-3-4-12(13)10-16/h6-9,12-13,17H,3-5,10-11H2,1-2H3. The Morgan fingerprint density at radius 3 is 2.38 bits per heavy atom. The van der Waals surface area contributed by atoms with Gasteiger partial charge in [0.15, 0.2) is 0 Å². The number of rotatable bonds is 6. The van der Waals surface area contributed by atoms with Gasteiger partial charge in [0.05, 0.1) is 4.90 Å². The highest BCUT2D eigenvalue weighted by molar-refractivity contribution is 7.89. The van der Waals surface area contributed by atoms with E-state index in [0.717, 1.165) is 18.1 Å². The maximum absolute atomic E-state index is 12.0. The summed E-state index contributed by atoms with van der Waals surface area (Å²) in [5, 5.41) is 3.39. The zero-order valence-corrected chi connectivity index (χ0v) is 14.1. The number of benzene rings is 1. The summed E-state index contributed by atoms with van der Waals surface area (Å²) in [5.74, 6) is 1.95. The Labute approximate surface area is 132 Å². The molecule has 0 aliphatic heterocycles. The van der Waals surface area contributed by atoms with Crippen LogP contribution in [0.15, 0.2) is 29.2 Å². The first kappa shape index (κ1) is 16.6. The smallest absolute Gasteiger partial charge is 0.242 e. The van der Waals surface area contributed by atoms with Gasteiger partial charge in [-0.1, -0.05) is 6.42 Å². The summed E-state index contributed by atoms with van der Waals surface area (Å²) >= 11 is 5.99. The van der Waals surface area contributed by atoms with Gasteiger partial charge in [-0.3, -0.25) is 0 Å². The Kier molecular flexibility index (Phi) is 5.52. The Morgan fingerprint density at radius 1 is 1.19 bits per heavy atom. The maximum Gasteiger partial charge on any atom is 0.242 e. The normalized spacial score (nSPS) is 22.7. The lowest BCUT2D eigenvalue weighted by molar-refractivity contribution is 0.444. The molecule has 1 aliphatic carbocycles. The lowest BCUT2D eigenvalue weighted by Crippen LogP contribution is -2.22. The van der Waals surface area contributed by atoms with Crippen LogP contribution in [0.25, 0.3) is 0 Å². The fraction of sp³-hybridized carbons (Fsp3) is 0.600. The monoisotopic (exact) mass is 330 g/mol. The van der Waals surface area contributed by atoms with E-state index in [4.69, 9.17) is 11.6 Å². The van der Waals surface area contributed by atoms with E-state index in [2.05, 4.69) is 5.32 Å². The largest absolute Gasteiger partial charge is 0.385 e. The SMILES string of the molecule is CN(C)S(=O)(=O)c1ccc(NCC2CCCC2CCl)cc1. The third kappa shape index (κ3) is 3.90. The fourth-order valence-corrected chi connectivity index (χ4v) is 4.10. The molecule has 0 bridgehead atoms. The van der Waals surface area contributed by atoms with Crippen molar-refractivity contribution < 1.29 is 8.42 Å². The Hall–Kier alpha value is -0.780. The molecule has 1 N–H and O–H groups in total. The van der Waals surface area contributed by atoms with Crippen LogP contribution in [0.3, 0.4) is 0 Å². The Bertz CT molecular complexity index is 558. The highest BCUT2D eigenvalue weighted by atomic mass is 35.5. The fourth-order valence-electron chi connectivity index (χ4n) is 2.79. The van der Waals surface area contributed by atoms with Crippen LogP contribution in [0.5, 0.6) is 0 Å². The van der Waals surface area contributed by atoms with Crippen LogP contribution < -0.4 is 5.32 Å². The first-order valence-electron chi connectivity index (χ1n) is 7.27. The van der Waals surface area contributed by atoms with Crippen molar-refractivity contribution in [3.63, 3.8) is 0 Å². The van der Waals surface area contributed by atoms with Crippen LogP contribution >= 0.6 is 11.6 Å². The lowest BCUT2D eigenvalue weighted by Gasteiger charge is -2.18. The van der Waals surface area contributed by atoms with Gasteiger partial charge in [0, 0.05) is 32.2 Å². The number of nitrogens with one attached hydrogen (secondary N) is 1. The van der Waals surface area contributed by atoms with Crippen LogP contribution in [0.2, 0.25) is 0 Å². The van der Waals surface area contributed by atoms with Gasteiger partial charge in [0.2, 0.25) is 10.0 Å². The second kappa shape index (κ2) is 6.99. The van der Waals surface area contributed by atoms with Gasteiger partial charge in [-0.05, 0) is 48.9 Å². The number of sulfonamides is 1. The van der Waals surface area contributed by atoms with Gasteiger partial charge in [-0.2, -0.15) is 0 Å². The molecule has 1 saturated carbocycles. The molecule has 2 rings (SSSR count). The molecule has 0 amide bonds. The van der Waals surface area contributed by atoms with E-state index in [9.17, 15) is 8.42 Å². The second-order valence-electron chi connectivity index (χ2n) is 5.80. The van der Waals surface area contributed by atoms with Crippen molar-refractivity contribution in [1.29, 1.82) is 0 Å². The Morgan fingerprint density at radius 2 is 1.81 bits per heavy atom. The predicted molar refractivity (Wildman–Crippen MR) is 87.4 cm³/mol. The molecule has 6 heteroatoms. The first-order valence-corrected chi connectivity index (χ1v) is 9.25. The number of halogens is 1. The highest BCUT2D eigenvalue weighted by Gasteiger charge is 2.26. The molecule has 0 aromatic heterocycles. The van der Waals surface area contributed by atoms with Gasteiger partial charge in [0.1, 0.15) is 0 Å². The zero-order chi connectivity index (χ0) is 15.5. The number of nitrogens with zero attached hydrogens (tertiary/aromatic N) is 1.